The van der Waals surface area contributed by atoms with Crippen molar-refractivity contribution in [2.75, 3.05) is 32.8 Å². The van der Waals surface area contributed by atoms with Crippen LogP contribution in [0.1, 0.15) is 57.2 Å². The maximum Gasteiger partial charge on any atom is 0.274 e. The highest BCUT2D eigenvalue weighted by Gasteiger charge is 2.27. The van der Waals surface area contributed by atoms with E-state index in [1.807, 2.05) is 43.3 Å². The number of rotatable bonds is 13. The first-order chi connectivity index (χ1) is 20.8. The predicted molar refractivity (Wildman–Crippen MR) is 171 cm³/mol. The van der Waals surface area contributed by atoms with Crippen molar-refractivity contribution in [2.24, 2.45) is 7.05 Å². The fourth-order valence-corrected chi connectivity index (χ4v) is 7.27. The van der Waals surface area contributed by atoms with Crippen LogP contribution < -0.4 is 10.3 Å². The van der Waals surface area contributed by atoms with Gasteiger partial charge in [-0.25, -0.2) is 8.42 Å². The molecule has 1 fully saturated rings. The van der Waals surface area contributed by atoms with Crippen LogP contribution in [0.5, 0.6) is 5.75 Å². The van der Waals surface area contributed by atoms with Crippen LogP contribution in [0, 0.1) is 0 Å². The standard InChI is InChI=1S/C33H43N5O4S/c1-4-12-29-28-23-30(34-33(39)32(28)36(3)35-29)27-22-26(15-16-31(27)42-21-5-2)43(40,41)38(24-25-13-8-6-9-14-25)20-19-37-17-10-7-11-18-37/h6,8-9,13-16,22-23H,4-5,7,10-12,17-21,24H2,1-3H3,(H,34,39). The number of aryl methyl sites for hydroxylation is 2. The Labute approximate surface area is 254 Å². The number of aromatic nitrogens is 3. The summed E-state index contributed by atoms with van der Waals surface area (Å²) in [4.78, 5) is 18.8. The molecule has 10 heteroatoms. The number of hydrogen-bond acceptors (Lipinski definition) is 6. The van der Waals surface area contributed by atoms with Crippen LogP contribution in [0.2, 0.25) is 0 Å². The summed E-state index contributed by atoms with van der Waals surface area (Å²) in [5.41, 5.74) is 3.05. The second-order valence-corrected chi connectivity index (χ2v) is 13.3. The van der Waals surface area contributed by atoms with Gasteiger partial charge in [0.05, 0.1) is 22.9 Å². The molecule has 0 radical (unpaired) electrons. The Balaban J connectivity index is 1.57. The van der Waals surface area contributed by atoms with Gasteiger partial charge >= 0.3 is 0 Å². The highest BCUT2D eigenvalue weighted by Crippen LogP contribution is 2.34. The lowest BCUT2D eigenvalue weighted by Gasteiger charge is -2.30. The van der Waals surface area contributed by atoms with Crippen LogP contribution in [0.25, 0.3) is 22.2 Å². The minimum absolute atomic E-state index is 0.168. The fourth-order valence-electron chi connectivity index (χ4n) is 5.82. The van der Waals surface area contributed by atoms with Gasteiger partial charge in [-0.05, 0) is 68.6 Å². The van der Waals surface area contributed by atoms with Gasteiger partial charge in [0.15, 0.2) is 0 Å². The second kappa shape index (κ2) is 13.9. The topological polar surface area (TPSA) is 101 Å². The van der Waals surface area contributed by atoms with E-state index in [-0.39, 0.29) is 17.0 Å². The fraction of sp³-hybridized carbons (Fsp3) is 0.455. The van der Waals surface area contributed by atoms with Crippen LogP contribution in [0.3, 0.4) is 0 Å². The van der Waals surface area contributed by atoms with Gasteiger partial charge in [-0.1, -0.05) is 57.0 Å². The number of piperidine rings is 1. The molecule has 43 heavy (non-hydrogen) atoms. The smallest absolute Gasteiger partial charge is 0.274 e. The number of ether oxygens (including phenoxy) is 1. The molecule has 1 N–H and O–H groups in total. The lowest BCUT2D eigenvalue weighted by molar-refractivity contribution is 0.211. The average molecular weight is 606 g/mol. The van der Waals surface area contributed by atoms with Crippen LogP contribution in [-0.4, -0.2) is 65.2 Å². The SMILES string of the molecule is CCCOc1ccc(S(=O)(=O)N(CCN2CCCCC2)Cc2ccccc2)cc1-c1cc2c(CCC)nn(C)c2c(=O)[nH]1. The number of H-pyrrole nitrogens is 1. The first kappa shape index (κ1) is 31.0. The van der Waals surface area contributed by atoms with E-state index < -0.39 is 10.0 Å². The number of nitrogens with one attached hydrogen (secondary N) is 1. The Morgan fingerprint density at radius 1 is 1.00 bits per heavy atom. The number of sulfonamides is 1. The maximum absolute atomic E-state index is 14.3. The minimum atomic E-state index is -3.89. The van der Waals surface area contributed by atoms with E-state index in [4.69, 9.17) is 4.74 Å². The molecule has 0 bridgehead atoms. The summed E-state index contributed by atoms with van der Waals surface area (Å²) in [6.45, 7) is 7.90. The number of hydrogen-bond donors (Lipinski definition) is 1. The molecule has 2 aromatic heterocycles. The lowest BCUT2D eigenvalue weighted by atomic mass is 10.1. The molecule has 0 unspecified atom stereocenters. The van der Waals surface area contributed by atoms with E-state index in [1.165, 1.54) is 6.42 Å². The predicted octanol–water partition coefficient (Wildman–Crippen LogP) is 5.35. The molecule has 0 aliphatic carbocycles. The van der Waals surface area contributed by atoms with Crippen molar-refractivity contribution in [3.05, 3.63) is 76.2 Å². The number of aromatic amines is 1. The molecular weight excluding hydrogens is 562 g/mol. The molecule has 0 atom stereocenters. The van der Waals surface area contributed by atoms with Gasteiger partial charge in [0.25, 0.3) is 5.56 Å². The van der Waals surface area contributed by atoms with Crippen LogP contribution in [0.4, 0.5) is 0 Å². The van der Waals surface area contributed by atoms with Gasteiger partial charge in [-0.15, -0.1) is 0 Å². The van der Waals surface area contributed by atoms with Gasteiger partial charge in [0.1, 0.15) is 11.3 Å². The van der Waals surface area contributed by atoms with Crippen molar-refractivity contribution in [1.82, 2.24) is 24.0 Å². The zero-order chi connectivity index (χ0) is 30.4. The summed E-state index contributed by atoms with van der Waals surface area (Å²) in [7, 11) is -2.12. The molecule has 2 aromatic carbocycles. The number of benzene rings is 2. The summed E-state index contributed by atoms with van der Waals surface area (Å²) in [5.74, 6) is 0.527. The molecule has 0 amide bonds. The van der Waals surface area contributed by atoms with E-state index in [0.29, 0.717) is 42.2 Å². The third kappa shape index (κ3) is 7.03. The molecule has 230 valence electrons. The monoisotopic (exact) mass is 605 g/mol. The summed E-state index contributed by atoms with van der Waals surface area (Å²) >= 11 is 0. The van der Waals surface area contributed by atoms with E-state index >= 15 is 0 Å². The molecule has 0 spiro atoms. The third-order valence-electron chi connectivity index (χ3n) is 8.06. The van der Waals surface area contributed by atoms with Gasteiger partial charge in [0.2, 0.25) is 10.0 Å². The van der Waals surface area contributed by atoms with Crippen LogP contribution in [0.15, 0.2) is 64.3 Å². The zero-order valence-electron chi connectivity index (χ0n) is 25.5. The Morgan fingerprint density at radius 2 is 1.77 bits per heavy atom. The van der Waals surface area contributed by atoms with Crippen LogP contribution in [-0.2, 0) is 30.0 Å². The highest BCUT2D eigenvalue weighted by molar-refractivity contribution is 7.89. The Morgan fingerprint density at radius 3 is 2.49 bits per heavy atom. The van der Waals surface area contributed by atoms with Gasteiger partial charge in [-0.3, -0.25) is 9.48 Å². The minimum Gasteiger partial charge on any atom is -0.493 e. The maximum atomic E-state index is 14.3. The molecule has 1 aliphatic rings. The largest absolute Gasteiger partial charge is 0.493 e. The van der Waals surface area contributed by atoms with Crippen LogP contribution >= 0.6 is 0 Å². The van der Waals surface area contributed by atoms with E-state index in [1.54, 1.807) is 34.2 Å². The van der Waals surface area contributed by atoms with Crippen molar-refractivity contribution in [3.63, 3.8) is 0 Å². The number of pyridine rings is 1. The zero-order valence-corrected chi connectivity index (χ0v) is 26.3. The van der Waals surface area contributed by atoms with Crippen molar-refractivity contribution in [1.29, 1.82) is 0 Å². The lowest BCUT2D eigenvalue weighted by Crippen LogP contribution is -2.40. The number of likely N-dealkylation sites (tertiary alicyclic amines) is 1. The highest BCUT2D eigenvalue weighted by atomic mass is 32.2. The Hall–Kier alpha value is -3.47. The molecule has 0 saturated carbocycles. The third-order valence-corrected chi connectivity index (χ3v) is 9.90. The quantitative estimate of drug-likeness (QED) is 0.221. The molecule has 3 heterocycles. The molecule has 1 saturated heterocycles. The second-order valence-electron chi connectivity index (χ2n) is 11.3. The van der Waals surface area contributed by atoms with E-state index in [2.05, 4.69) is 21.9 Å². The Bertz CT molecular complexity index is 1690. The molecule has 4 aromatic rings. The number of fused-ring (bicyclic) bond motifs is 1. The van der Waals surface area contributed by atoms with E-state index in [0.717, 1.165) is 61.8 Å². The molecule has 9 nitrogen and oxygen atoms in total. The van der Waals surface area contributed by atoms with Gasteiger partial charge < -0.3 is 14.6 Å². The van der Waals surface area contributed by atoms with Crippen molar-refractivity contribution < 1.29 is 13.2 Å². The van der Waals surface area contributed by atoms with Gasteiger partial charge in [0, 0.05) is 37.6 Å². The summed E-state index contributed by atoms with van der Waals surface area (Å²) < 4.78 is 37.9. The normalized spacial score (nSPS) is 14.5. The summed E-state index contributed by atoms with van der Waals surface area (Å²) in [6, 6.07) is 16.6. The molecule has 5 rings (SSSR count). The Kier molecular flexibility index (Phi) is 10.00. The van der Waals surface area contributed by atoms with Crippen molar-refractivity contribution in [2.45, 2.75) is 63.8 Å². The number of nitrogens with zero attached hydrogens (tertiary/aromatic N) is 4. The van der Waals surface area contributed by atoms with E-state index in [9.17, 15) is 13.2 Å². The van der Waals surface area contributed by atoms with Gasteiger partial charge in [-0.2, -0.15) is 9.40 Å². The average Bonchev–Trinajstić information content (AvgIpc) is 3.34. The van der Waals surface area contributed by atoms with Crippen molar-refractivity contribution >= 4 is 20.9 Å². The summed E-state index contributed by atoms with van der Waals surface area (Å²) in [6.07, 6.45) is 5.94. The molecular formula is C33H43N5O4S. The summed E-state index contributed by atoms with van der Waals surface area (Å²) in [5, 5.41) is 5.35. The van der Waals surface area contributed by atoms with Crippen molar-refractivity contribution in [3.8, 4) is 17.0 Å². The molecule has 1 aliphatic heterocycles. The first-order valence-electron chi connectivity index (χ1n) is 15.4. The first-order valence-corrected chi connectivity index (χ1v) is 16.9.